The van der Waals surface area contributed by atoms with Crippen molar-refractivity contribution >= 4 is 0 Å². The first kappa shape index (κ1) is 13.5. The molecule has 0 spiro atoms. The predicted octanol–water partition coefficient (Wildman–Crippen LogP) is 4.01. The second kappa shape index (κ2) is 4.42. The molecule has 1 N–H and O–H groups in total. The Labute approximate surface area is 130 Å². The highest BCUT2D eigenvalue weighted by Crippen LogP contribution is 2.55. The van der Waals surface area contributed by atoms with Crippen LogP contribution in [-0.2, 0) is 0 Å². The van der Waals surface area contributed by atoms with Crippen molar-refractivity contribution in [1.82, 2.24) is 0 Å². The van der Waals surface area contributed by atoms with Crippen molar-refractivity contribution in [3.8, 4) is 17.2 Å². The Kier molecular flexibility index (Phi) is 2.71. The number of phenols is 1. The van der Waals surface area contributed by atoms with E-state index in [9.17, 15) is 5.11 Å². The maximum atomic E-state index is 10.6. The van der Waals surface area contributed by atoms with Gasteiger partial charge in [0, 0.05) is 23.0 Å². The van der Waals surface area contributed by atoms with E-state index in [1.54, 1.807) is 0 Å². The number of fused-ring (bicyclic) bond motifs is 5. The van der Waals surface area contributed by atoms with E-state index in [0.29, 0.717) is 12.4 Å². The highest BCUT2D eigenvalue weighted by molar-refractivity contribution is 5.57. The molecule has 0 bridgehead atoms. The lowest BCUT2D eigenvalue weighted by molar-refractivity contribution is -0.0144. The fourth-order valence-electron chi connectivity index (χ4n) is 3.82. The SMILES string of the molecule is Cc1cc(O)c2c(c1)OC(C)(C)[C@@H]1COc3ccccc3[C@H]21. The zero-order chi connectivity index (χ0) is 15.5. The van der Waals surface area contributed by atoms with Gasteiger partial charge in [0.15, 0.2) is 0 Å². The van der Waals surface area contributed by atoms with Gasteiger partial charge >= 0.3 is 0 Å². The first-order chi connectivity index (χ1) is 10.5. The van der Waals surface area contributed by atoms with Gasteiger partial charge in [-0.15, -0.1) is 0 Å². The van der Waals surface area contributed by atoms with Crippen LogP contribution in [-0.4, -0.2) is 17.3 Å². The fraction of sp³-hybridized carbons (Fsp3) is 0.368. The van der Waals surface area contributed by atoms with E-state index < -0.39 is 0 Å². The van der Waals surface area contributed by atoms with Crippen molar-refractivity contribution in [3.05, 3.63) is 53.1 Å². The van der Waals surface area contributed by atoms with Gasteiger partial charge in [0.05, 0.1) is 6.61 Å². The summed E-state index contributed by atoms with van der Waals surface area (Å²) in [6, 6.07) is 11.9. The molecular weight excluding hydrogens is 276 g/mol. The van der Waals surface area contributed by atoms with Gasteiger partial charge in [0.2, 0.25) is 0 Å². The minimum absolute atomic E-state index is 0.101. The molecule has 0 radical (unpaired) electrons. The summed E-state index contributed by atoms with van der Waals surface area (Å²) >= 11 is 0. The zero-order valence-corrected chi connectivity index (χ0v) is 13.1. The summed E-state index contributed by atoms with van der Waals surface area (Å²) in [5, 5.41) is 10.6. The van der Waals surface area contributed by atoms with Crippen LogP contribution in [0.25, 0.3) is 0 Å². The van der Waals surface area contributed by atoms with Crippen LogP contribution in [0, 0.1) is 12.8 Å². The van der Waals surface area contributed by atoms with Crippen LogP contribution >= 0.6 is 0 Å². The van der Waals surface area contributed by atoms with Gasteiger partial charge in [0.25, 0.3) is 0 Å². The molecule has 0 aromatic heterocycles. The molecule has 0 aliphatic carbocycles. The van der Waals surface area contributed by atoms with Crippen LogP contribution in [0.4, 0.5) is 0 Å². The largest absolute Gasteiger partial charge is 0.507 e. The molecule has 2 aliphatic heterocycles. The van der Waals surface area contributed by atoms with Crippen molar-refractivity contribution in [2.75, 3.05) is 6.61 Å². The summed E-state index contributed by atoms with van der Waals surface area (Å²) in [5.74, 6) is 2.29. The molecule has 2 aromatic carbocycles. The summed E-state index contributed by atoms with van der Waals surface area (Å²) in [5.41, 5.74) is 2.69. The number of hydrogen-bond acceptors (Lipinski definition) is 3. The van der Waals surface area contributed by atoms with Crippen LogP contribution < -0.4 is 9.47 Å². The van der Waals surface area contributed by atoms with E-state index in [1.165, 1.54) is 0 Å². The first-order valence-electron chi connectivity index (χ1n) is 7.71. The monoisotopic (exact) mass is 296 g/mol. The molecule has 0 amide bonds. The number of ether oxygens (including phenoxy) is 2. The Morgan fingerprint density at radius 2 is 1.91 bits per heavy atom. The van der Waals surface area contributed by atoms with E-state index in [0.717, 1.165) is 28.2 Å². The lowest BCUT2D eigenvalue weighted by atomic mass is 9.69. The molecule has 0 saturated heterocycles. The van der Waals surface area contributed by atoms with Crippen molar-refractivity contribution in [3.63, 3.8) is 0 Å². The minimum atomic E-state index is -0.342. The van der Waals surface area contributed by atoms with Crippen LogP contribution in [0.3, 0.4) is 0 Å². The van der Waals surface area contributed by atoms with Gasteiger partial charge < -0.3 is 14.6 Å². The Bertz CT molecular complexity index is 748. The normalized spacial score (nSPS) is 24.3. The number of hydrogen-bond donors (Lipinski definition) is 1. The molecule has 114 valence electrons. The topological polar surface area (TPSA) is 38.7 Å². The second-order valence-electron chi connectivity index (χ2n) is 6.83. The van der Waals surface area contributed by atoms with Crippen LogP contribution in [0.15, 0.2) is 36.4 Å². The molecule has 2 atom stereocenters. The van der Waals surface area contributed by atoms with Crippen LogP contribution in [0.2, 0.25) is 0 Å². The van der Waals surface area contributed by atoms with E-state index >= 15 is 0 Å². The highest BCUT2D eigenvalue weighted by atomic mass is 16.5. The quantitative estimate of drug-likeness (QED) is 0.798. The summed E-state index contributed by atoms with van der Waals surface area (Å²) in [6.45, 7) is 6.77. The molecule has 2 aliphatic rings. The maximum absolute atomic E-state index is 10.6. The lowest BCUT2D eigenvalue weighted by Gasteiger charge is -2.47. The molecule has 4 rings (SSSR count). The van der Waals surface area contributed by atoms with Gasteiger partial charge in [-0.2, -0.15) is 0 Å². The predicted molar refractivity (Wildman–Crippen MR) is 84.8 cm³/mol. The number of benzene rings is 2. The van der Waals surface area contributed by atoms with Crippen molar-refractivity contribution in [2.24, 2.45) is 5.92 Å². The van der Waals surface area contributed by atoms with Gasteiger partial charge in [0.1, 0.15) is 22.8 Å². The summed E-state index contributed by atoms with van der Waals surface area (Å²) in [7, 11) is 0. The van der Waals surface area contributed by atoms with E-state index in [-0.39, 0.29) is 17.4 Å². The first-order valence-corrected chi connectivity index (χ1v) is 7.71. The van der Waals surface area contributed by atoms with E-state index in [2.05, 4.69) is 19.9 Å². The maximum Gasteiger partial charge on any atom is 0.127 e. The third-order valence-electron chi connectivity index (χ3n) is 4.92. The molecular formula is C19H20O3. The Morgan fingerprint density at radius 1 is 1.14 bits per heavy atom. The fourth-order valence-corrected chi connectivity index (χ4v) is 3.82. The molecule has 2 heterocycles. The third-order valence-corrected chi connectivity index (χ3v) is 4.92. The Hall–Kier alpha value is -2.16. The standard InChI is InChI=1S/C19H20O3/c1-11-8-14(20)18-16(9-11)22-19(2,3)13-10-21-15-7-5-4-6-12(15)17(13)18/h4-9,13,17,20H,10H2,1-3H3/t13-,17+/m1/s1. The van der Waals surface area contributed by atoms with Gasteiger partial charge in [-0.1, -0.05) is 18.2 Å². The highest BCUT2D eigenvalue weighted by Gasteiger charge is 2.48. The average molecular weight is 296 g/mol. The number of aryl methyl sites for hydroxylation is 1. The smallest absolute Gasteiger partial charge is 0.127 e. The molecule has 22 heavy (non-hydrogen) atoms. The molecule has 2 aromatic rings. The van der Waals surface area contributed by atoms with Crippen molar-refractivity contribution in [2.45, 2.75) is 32.3 Å². The Balaban J connectivity index is 2.00. The number of rotatable bonds is 0. The van der Waals surface area contributed by atoms with Gasteiger partial charge in [-0.05, 0) is 44.5 Å². The summed E-state index contributed by atoms with van der Waals surface area (Å²) in [6.07, 6.45) is 0. The van der Waals surface area contributed by atoms with Gasteiger partial charge in [-0.3, -0.25) is 0 Å². The molecule has 0 unspecified atom stereocenters. The van der Waals surface area contributed by atoms with E-state index in [1.807, 2.05) is 37.3 Å². The second-order valence-corrected chi connectivity index (χ2v) is 6.83. The third kappa shape index (κ3) is 1.81. The van der Waals surface area contributed by atoms with Crippen molar-refractivity contribution < 1.29 is 14.6 Å². The zero-order valence-electron chi connectivity index (χ0n) is 13.1. The molecule has 0 fully saturated rings. The number of aromatic hydroxyl groups is 1. The number of para-hydroxylation sites is 1. The summed E-state index contributed by atoms with van der Waals surface area (Å²) in [4.78, 5) is 0. The van der Waals surface area contributed by atoms with Crippen molar-refractivity contribution in [1.29, 1.82) is 0 Å². The molecule has 3 nitrogen and oxygen atoms in total. The van der Waals surface area contributed by atoms with Crippen LogP contribution in [0.5, 0.6) is 17.2 Å². The van der Waals surface area contributed by atoms with E-state index in [4.69, 9.17) is 9.47 Å². The van der Waals surface area contributed by atoms with Gasteiger partial charge in [-0.25, -0.2) is 0 Å². The lowest BCUT2D eigenvalue weighted by Crippen LogP contribution is -2.49. The molecule has 3 heteroatoms. The average Bonchev–Trinajstić information content (AvgIpc) is 2.45. The Morgan fingerprint density at radius 3 is 2.73 bits per heavy atom. The summed E-state index contributed by atoms with van der Waals surface area (Å²) < 4.78 is 12.2. The van der Waals surface area contributed by atoms with Crippen LogP contribution in [0.1, 0.15) is 36.5 Å². The minimum Gasteiger partial charge on any atom is -0.507 e. The molecule has 0 saturated carbocycles. The number of phenolic OH excluding ortho intramolecular Hbond substituents is 1.